The van der Waals surface area contributed by atoms with Crippen molar-refractivity contribution in [2.24, 2.45) is 11.8 Å². The van der Waals surface area contributed by atoms with E-state index in [1.54, 1.807) is 0 Å². The summed E-state index contributed by atoms with van der Waals surface area (Å²) in [6, 6.07) is 0.736. The van der Waals surface area contributed by atoms with Gasteiger partial charge in [-0.05, 0) is 58.8 Å². The molecule has 1 N–H and O–H groups in total. The molecule has 1 saturated carbocycles. The van der Waals surface area contributed by atoms with E-state index in [9.17, 15) is 0 Å². The zero-order chi connectivity index (χ0) is 12.0. The highest BCUT2D eigenvalue weighted by Gasteiger charge is 2.25. The van der Waals surface area contributed by atoms with Crippen molar-refractivity contribution >= 4 is 0 Å². The topological polar surface area (TPSA) is 15.3 Å². The van der Waals surface area contributed by atoms with Crippen molar-refractivity contribution in [1.82, 2.24) is 10.2 Å². The minimum Gasteiger partial charge on any atom is -0.317 e. The molecule has 1 aliphatic carbocycles. The maximum atomic E-state index is 3.53. The van der Waals surface area contributed by atoms with Crippen LogP contribution in [0.2, 0.25) is 0 Å². The van der Waals surface area contributed by atoms with E-state index < -0.39 is 0 Å². The second-order valence-corrected chi connectivity index (χ2v) is 5.68. The SMILES string of the molecule is CCC1CCC(C(CCN(C)C)NC)CC1. The summed E-state index contributed by atoms with van der Waals surface area (Å²) in [7, 11) is 6.47. The van der Waals surface area contributed by atoms with Crippen molar-refractivity contribution in [3.63, 3.8) is 0 Å². The molecule has 0 bridgehead atoms. The first-order valence-corrected chi connectivity index (χ1v) is 6.99. The third kappa shape index (κ3) is 4.42. The summed E-state index contributed by atoms with van der Waals surface area (Å²) in [6.07, 6.45) is 8.48. The Morgan fingerprint density at radius 3 is 2.25 bits per heavy atom. The van der Waals surface area contributed by atoms with E-state index in [4.69, 9.17) is 0 Å². The van der Waals surface area contributed by atoms with Crippen LogP contribution in [-0.2, 0) is 0 Å². The molecule has 2 heteroatoms. The minimum absolute atomic E-state index is 0.736. The lowest BCUT2D eigenvalue weighted by atomic mass is 9.77. The van der Waals surface area contributed by atoms with Crippen LogP contribution in [-0.4, -0.2) is 38.6 Å². The van der Waals surface area contributed by atoms with Crippen LogP contribution in [0, 0.1) is 11.8 Å². The zero-order valence-electron chi connectivity index (χ0n) is 11.6. The fourth-order valence-electron chi connectivity index (χ4n) is 3.01. The summed E-state index contributed by atoms with van der Waals surface area (Å²) in [5.74, 6) is 1.94. The molecule has 16 heavy (non-hydrogen) atoms. The summed E-state index contributed by atoms with van der Waals surface area (Å²) in [5.41, 5.74) is 0. The van der Waals surface area contributed by atoms with Crippen LogP contribution >= 0.6 is 0 Å². The molecule has 2 nitrogen and oxygen atoms in total. The van der Waals surface area contributed by atoms with Gasteiger partial charge in [0.25, 0.3) is 0 Å². The zero-order valence-corrected chi connectivity index (χ0v) is 11.6. The Labute approximate surface area is 102 Å². The van der Waals surface area contributed by atoms with Crippen LogP contribution in [0.4, 0.5) is 0 Å². The van der Waals surface area contributed by atoms with Gasteiger partial charge < -0.3 is 10.2 Å². The molecule has 1 fully saturated rings. The molecule has 96 valence electrons. The van der Waals surface area contributed by atoms with E-state index in [-0.39, 0.29) is 0 Å². The molecule has 0 aromatic carbocycles. The summed E-state index contributed by atoms with van der Waals surface area (Å²) in [5, 5.41) is 3.53. The number of rotatable bonds is 6. The van der Waals surface area contributed by atoms with Crippen LogP contribution in [0.3, 0.4) is 0 Å². The van der Waals surface area contributed by atoms with E-state index in [0.29, 0.717) is 0 Å². The Morgan fingerprint density at radius 2 is 1.81 bits per heavy atom. The quantitative estimate of drug-likeness (QED) is 0.749. The molecule has 1 aliphatic rings. The van der Waals surface area contributed by atoms with Gasteiger partial charge in [0.1, 0.15) is 0 Å². The predicted molar refractivity (Wildman–Crippen MR) is 71.8 cm³/mol. The second-order valence-electron chi connectivity index (χ2n) is 5.68. The van der Waals surface area contributed by atoms with Gasteiger partial charge in [0.2, 0.25) is 0 Å². The molecule has 0 saturated heterocycles. The first-order chi connectivity index (χ1) is 7.67. The molecule has 0 radical (unpaired) electrons. The van der Waals surface area contributed by atoms with Crippen LogP contribution in [0.15, 0.2) is 0 Å². The molecular formula is C14H30N2. The highest BCUT2D eigenvalue weighted by Crippen LogP contribution is 2.33. The largest absolute Gasteiger partial charge is 0.317 e. The van der Waals surface area contributed by atoms with E-state index in [1.165, 1.54) is 45.1 Å². The fourth-order valence-corrected chi connectivity index (χ4v) is 3.01. The number of nitrogens with zero attached hydrogens (tertiary/aromatic N) is 1. The van der Waals surface area contributed by atoms with Gasteiger partial charge in [-0.25, -0.2) is 0 Å². The van der Waals surface area contributed by atoms with Crippen LogP contribution < -0.4 is 5.32 Å². The molecule has 0 heterocycles. The van der Waals surface area contributed by atoms with Gasteiger partial charge in [-0.1, -0.05) is 26.2 Å². The Kier molecular flexibility index (Phi) is 6.37. The Bertz CT molecular complexity index is 172. The van der Waals surface area contributed by atoms with Crippen molar-refractivity contribution in [2.75, 3.05) is 27.7 Å². The van der Waals surface area contributed by atoms with Gasteiger partial charge >= 0.3 is 0 Å². The Morgan fingerprint density at radius 1 is 1.19 bits per heavy atom. The Hall–Kier alpha value is -0.0800. The van der Waals surface area contributed by atoms with E-state index >= 15 is 0 Å². The predicted octanol–water partition coefficient (Wildman–Crippen LogP) is 2.74. The highest BCUT2D eigenvalue weighted by molar-refractivity contribution is 4.81. The molecule has 1 rings (SSSR count). The lowest BCUT2D eigenvalue weighted by Gasteiger charge is -2.34. The smallest absolute Gasteiger partial charge is 0.0104 e. The van der Waals surface area contributed by atoms with Crippen molar-refractivity contribution in [3.8, 4) is 0 Å². The molecule has 0 amide bonds. The van der Waals surface area contributed by atoms with Gasteiger partial charge in [-0.3, -0.25) is 0 Å². The van der Waals surface area contributed by atoms with E-state index in [0.717, 1.165) is 17.9 Å². The number of hydrogen-bond acceptors (Lipinski definition) is 2. The molecule has 0 aromatic rings. The van der Waals surface area contributed by atoms with Gasteiger partial charge in [0, 0.05) is 6.04 Å². The van der Waals surface area contributed by atoms with Crippen molar-refractivity contribution in [3.05, 3.63) is 0 Å². The average Bonchev–Trinajstić information content (AvgIpc) is 2.30. The molecule has 0 spiro atoms. The minimum atomic E-state index is 0.736. The molecule has 0 aromatic heterocycles. The van der Waals surface area contributed by atoms with Gasteiger partial charge in [-0.2, -0.15) is 0 Å². The van der Waals surface area contributed by atoms with Gasteiger partial charge in [0.15, 0.2) is 0 Å². The lowest BCUT2D eigenvalue weighted by molar-refractivity contribution is 0.207. The summed E-state index contributed by atoms with van der Waals surface area (Å²) in [4.78, 5) is 2.29. The third-order valence-corrected chi connectivity index (χ3v) is 4.30. The number of nitrogens with one attached hydrogen (secondary N) is 1. The van der Waals surface area contributed by atoms with E-state index in [2.05, 4.69) is 38.3 Å². The van der Waals surface area contributed by atoms with E-state index in [1.807, 2.05) is 0 Å². The Balaban J connectivity index is 2.31. The second kappa shape index (κ2) is 7.29. The molecular weight excluding hydrogens is 196 g/mol. The molecule has 1 unspecified atom stereocenters. The van der Waals surface area contributed by atoms with Crippen molar-refractivity contribution in [1.29, 1.82) is 0 Å². The normalized spacial score (nSPS) is 28.3. The summed E-state index contributed by atoms with van der Waals surface area (Å²) in [6.45, 7) is 3.55. The lowest BCUT2D eigenvalue weighted by Crippen LogP contribution is -2.38. The first-order valence-electron chi connectivity index (χ1n) is 6.99. The van der Waals surface area contributed by atoms with Crippen LogP contribution in [0.1, 0.15) is 45.4 Å². The number of hydrogen-bond donors (Lipinski definition) is 1. The maximum Gasteiger partial charge on any atom is 0.0104 e. The fraction of sp³-hybridized carbons (Fsp3) is 1.00. The highest BCUT2D eigenvalue weighted by atomic mass is 15.1. The maximum absolute atomic E-state index is 3.53. The third-order valence-electron chi connectivity index (χ3n) is 4.30. The van der Waals surface area contributed by atoms with Gasteiger partial charge in [-0.15, -0.1) is 0 Å². The standard InChI is InChI=1S/C14H30N2/c1-5-12-6-8-13(9-7-12)14(15-2)10-11-16(3)4/h12-15H,5-11H2,1-4H3. The average molecular weight is 226 g/mol. The first kappa shape index (κ1) is 14.0. The molecule has 1 atom stereocenters. The molecule has 0 aliphatic heterocycles. The monoisotopic (exact) mass is 226 g/mol. The van der Waals surface area contributed by atoms with Crippen molar-refractivity contribution < 1.29 is 0 Å². The summed E-state index contributed by atoms with van der Waals surface area (Å²) >= 11 is 0. The van der Waals surface area contributed by atoms with Crippen molar-refractivity contribution in [2.45, 2.75) is 51.5 Å². The van der Waals surface area contributed by atoms with Gasteiger partial charge in [0.05, 0.1) is 0 Å². The van der Waals surface area contributed by atoms with Crippen LogP contribution in [0.5, 0.6) is 0 Å². The van der Waals surface area contributed by atoms with Crippen LogP contribution in [0.25, 0.3) is 0 Å². The summed E-state index contributed by atoms with van der Waals surface area (Å²) < 4.78 is 0.